The summed E-state index contributed by atoms with van der Waals surface area (Å²) in [6.07, 6.45) is 12.3. The molecule has 4 heterocycles. The molecule has 0 saturated carbocycles. The summed E-state index contributed by atoms with van der Waals surface area (Å²) in [7, 11) is 0. The zero-order valence-corrected chi connectivity index (χ0v) is 19.3. The van der Waals surface area contributed by atoms with E-state index in [0.717, 1.165) is 28.1 Å². The molecule has 8 heteroatoms. The molecule has 4 aromatic rings. The summed E-state index contributed by atoms with van der Waals surface area (Å²) < 4.78 is 1.49. The second-order valence-corrected chi connectivity index (χ2v) is 8.27. The van der Waals surface area contributed by atoms with Gasteiger partial charge in [-0.1, -0.05) is 30.4 Å². The van der Waals surface area contributed by atoms with E-state index in [9.17, 15) is 14.4 Å². The molecule has 0 radical (unpaired) electrons. The molecule has 1 aromatic carbocycles. The van der Waals surface area contributed by atoms with Crippen LogP contribution in [0.1, 0.15) is 32.7 Å². The number of aromatic amines is 1. The summed E-state index contributed by atoms with van der Waals surface area (Å²) in [6, 6.07) is 16.3. The first-order valence-electron chi connectivity index (χ1n) is 11.4. The molecule has 2 amide bonds. The highest BCUT2D eigenvalue weighted by molar-refractivity contribution is 6.34. The van der Waals surface area contributed by atoms with Gasteiger partial charge in [-0.25, -0.2) is 0 Å². The van der Waals surface area contributed by atoms with E-state index < -0.39 is 5.91 Å². The Morgan fingerprint density at radius 2 is 2.00 bits per heavy atom. The minimum Gasteiger partial charge on any atom is -0.362 e. The Labute approximate surface area is 207 Å². The van der Waals surface area contributed by atoms with Crippen molar-refractivity contribution in [3.05, 3.63) is 124 Å². The summed E-state index contributed by atoms with van der Waals surface area (Å²) in [5.74, 6) is -0.587. The molecule has 178 valence electrons. The standard InChI is InChI=1S/C28H23N5O3/c34-26(23-8-4-14-33(28(23)36)18-20-6-1-11-29-17-20)31-13-2-5-19-9-10-22-24(16-21-7-3-12-30-21)27(35)32-25(22)15-19/h1-12,14-17,30H,13,18H2,(H,31,34)(H,32,35)/b5-2+,24-16+. The Morgan fingerprint density at radius 1 is 1.08 bits per heavy atom. The monoisotopic (exact) mass is 477 g/mol. The normalized spacial score (nSPS) is 13.7. The van der Waals surface area contributed by atoms with Gasteiger partial charge in [-0.05, 0) is 53.6 Å². The lowest BCUT2D eigenvalue weighted by Gasteiger charge is -2.08. The summed E-state index contributed by atoms with van der Waals surface area (Å²) in [4.78, 5) is 44.9. The van der Waals surface area contributed by atoms with Crippen molar-refractivity contribution in [2.24, 2.45) is 0 Å². The molecule has 1 aliphatic heterocycles. The molecule has 36 heavy (non-hydrogen) atoms. The second kappa shape index (κ2) is 10.1. The molecule has 0 spiro atoms. The Bertz CT molecular complexity index is 1530. The van der Waals surface area contributed by atoms with E-state index >= 15 is 0 Å². The van der Waals surface area contributed by atoms with Crippen LogP contribution in [0, 0.1) is 0 Å². The van der Waals surface area contributed by atoms with Crippen LogP contribution in [-0.2, 0) is 11.3 Å². The largest absolute Gasteiger partial charge is 0.362 e. The van der Waals surface area contributed by atoms with E-state index in [0.29, 0.717) is 12.1 Å². The highest BCUT2D eigenvalue weighted by Gasteiger charge is 2.24. The van der Waals surface area contributed by atoms with Crippen LogP contribution in [0.5, 0.6) is 0 Å². The molecule has 8 nitrogen and oxygen atoms in total. The number of benzene rings is 1. The predicted octanol–water partition coefficient (Wildman–Crippen LogP) is 3.56. The maximum absolute atomic E-state index is 12.8. The summed E-state index contributed by atoms with van der Waals surface area (Å²) in [6.45, 7) is 0.585. The van der Waals surface area contributed by atoms with E-state index in [2.05, 4.69) is 20.6 Å². The number of pyridine rings is 2. The van der Waals surface area contributed by atoms with Gasteiger partial charge in [-0.3, -0.25) is 19.4 Å². The number of fused-ring (bicyclic) bond motifs is 1. The lowest BCUT2D eigenvalue weighted by molar-refractivity contribution is -0.110. The van der Waals surface area contributed by atoms with Crippen molar-refractivity contribution in [2.45, 2.75) is 6.54 Å². The summed E-state index contributed by atoms with van der Waals surface area (Å²) >= 11 is 0. The molecule has 3 N–H and O–H groups in total. The molecule has 0 saturated heterocycles. The number of hydrogen-bond donors (Lipinski definition) is 3. The minimum absolute atomic E-state index is 0.0800. The highest BCUT2D eigenvalue weighted by Crippen LogP contribution is 2.33. The van der Waals surface area contributed by atoms with E-state index in [1.54, 1.807) is 36.8 Å². The van der Waals surface area contributed by atoms with E-state index in [1.807, 2.05) is 54.7 Å². The van der Waals surface area contributed by atoms with Crippen molar-refractivity contribution in [1.29, 1.82) is 0 Å². The van der Waals surface area contributed by atoms with Crippen molar-refractivity contribution in [2.75, 3.05) is 11.9 Å². The second-order valence-electron chi connectivity index (χ2n) is 8.27. The molecule has 0 unspecified atom stereocenters. The first kappa shape index (κ1) is 22.8. The number of anilines is 1. The van der Waals surface area contributed by atoms with E-state index in [-0.39, 0.29) is 23.6 Å². The maximum atomic E-state index is 12.8. The number of aromatic nitrogens is 3. The van der Waals surface area contributed by atoms with Gasteiger partial charge < -0.3 is 20.2 Å². The van der Waals surface area contributed by atoms with Gasteiger partial charge in [0.15, 0.2) is 0 Å². The van der Waals surface area contributed by atoms with Crippen LogP contribution in [0.4, 0.5) is 5.69 Å². The number of amides is 2. The first-order chi connectivity index (χ1) is 17.6. The Morgan fingerprint density at radius 3 is 2.81 bits per heavy atom. The topological polar surface area (TPSA) is 109 Å². The van der Waals surface area contributed by atoms with Crippen LogP contribution >= 0.6 is 0 Å². The summed E-state index contributed by atoms with van der Waals surface area (Å²) in [5.41, 5.74) is 4.51. The quantitative estimate of drug-likeness (QED) is 0.354. The van der Waals surface area contributed by atoms with Crippen molar-refractivity contribution in [3.63, 3.8) is 0 Å². The predicted molar refractivity (Wildman–Crippen MR) is 139 cm³/mol. The zero-order chi connectivity index (χ0) is 24.9. The molecular weight excluding hydrogens is 454 g/mol. The smallest absolute Gasteiger partial charge is 0.263 e. The van der Waals surface area contributed by atoms with Crippen LogP contribution in [0.25, 0.3) is 17.7 Å². The van der Waals surface area contributed by atoms with Gasteiger partial charge in [0.25, 0.3) is 17.4 Å². The number of carbonyl (C=O) groups excluding carboxylic acids is 2. The van der Waals surface area contributed by atoms with E-state index in [1.165, 1.54) is 10.6 Å². The molecule has 0 bridgehead atoms. The maximum Gasteiger partial charge on any atom is 0.263 e. The Hall–Kier alpha value is -4.98. The molecule has 3 aromatic heterocycles. The van der Waals surface area contributed by atoms with Crippen LogP contribution in [0.2, 0.25) is 0 Å². The molecule has 0 atom stereocenters. The Kier molecular flexibility index (Phi) is 6.40. The fourth-order valence-corrected chi connectivity index (χ4v) is 4.01. The van der Waals surface area contributed by atoms with Gasteiger partial charge in [0.05, 0.1) is 12.1 Å². The van der Waals surface area contributed by atoms with Gasteiger partial charge in [-0.15, -0.1) is 0 Å². The van der Waals surface area contributed by atoms with Gasteiger partial charge in [0, 0.05) is 48.3 Å². The molecule has 0 aliphatic carbocycles. The van der Waals surface area contributed by atoms with Gasteiger partial charge in [0.2, 0.25) is 0 Å². The minimum atomic E-state index is -0.439. The third kappa shape index (κ3) is 4.92. The fourth-order valence-electron chi connectivity index (χ4n) is 4.01. The van der Waals surface area contributed by atoms with Gasteiger partial charge >= 0.3 is 0 Å². The van der Waals surface area contributed by atoms with Crippen LogP contribution in [0.3, 0.4) is 0 Å². The number of hydrogen-bond acceptors (Lipinski definition) is 4. The van der Waals surface area contributed by atoms with E-state index in [4.69, 9.17) is 0 Å². The highest BCUT2D eigenvalue weighted by atomic mass is 16.2. The molecule has 5 rings (SSSR count). The molecule has 0 fully saturated rings. The van der Waals surface area contributed by atoms with Crippen molar-refractivity contribution >= 4 is 35.2 Å². The third-order valence-corrected chi connectivity index (χ3v) is 5.78. The number of nitrogens with one attached hydrogen (secondary N) is 3. The lowest BCUT2D eigenvalue weighted by atomic mass is 10.0. The number of nitrogens with zero attached hydrogens (tertiary/aromatic N) is 2. The van der Waals surface area contributed by atoms with Gasteiger partial charge in [0.1, 0.15) is 5.56 Å². The van der Waals surface area contributed by atoms with Crippen molar-refractivity contribution < 1.29 is 9.59 Å². The SMILES string of the molecule is O=C1Nc2cc(/C=C/CNC(=O)c3cccn(Cc4cccnc4)c3=O)ccc2/C1=C\c1ccc[nH]1. The molecule has 1 aliphatic rings. The lowest BCUT2D eigenvalue weighted by Crippen LogP contribution is -2.33. The van der Waals surface area contributed by atoms with Gasteiger partial charge in [-0.2, -0.15) is 0 Å². The van der Waals surface area contributed by atoms with Crippen LogP contribution in [0.15, 0.2) is 90.3 Å². The summed E-state index contributed by atoms with van der Waals surface area (Å²) in [5, 5.41) is 5.65. The molecular formula is C28H23N5O3. The van der Waals surface area contributed by atoms with Crippen LogP contribution < -0.4 is 16.2 Å². The third-order valence-electron chi connectivity index (χ3n) is 5.78. The first-order valence-corrected chi connectivity index (χ1v) is 11.4. The number of carbonyl (C=O) groups is 2. The zero-order valence-electron chi connectivity index (χ0n) is 19.3. The average molecular weight is 478 g/mol. The van der Waals surface area contributed by atoms with Crippen molar-refractivity contribution in [1.82, 2.24) is 19.9 Å². The van der Waals surface area contributed by atoms with Crippen molar-refractivity contribution in [3.8, 4) is 0 Å². The number of H-pyrrole nitrogens is 1. The number of rotatable bonds is 7. The average Bonchev–Trinajstić information content (AvgIpc) is 3.51. The Balaban J connectivity index is 1.22. The fraction of sp³-hybridized carbons (Fsp3) is 0.0714. The van der Waals surface area contributed by atoms with Crippen LogP contribution in [-0.4, -0.2) is 32.9 Å².